The molecule has 92 valence electrons. The fourth-order valence-corrected chi connectivity index (χ4v) is 2.13. The van der Waals surface area contributed by atoms with E-state index in [0.29, 0.717) is 0 Å². The number of hydrogen-bond acceptors (Lipinski definition) is 4. The van der Waals surface area contributed by atoms with Crippen molar-refractivity contribution in [3.63, 3.8) is 0 Å². The van der Waals surface area contributed by atoms with Crippen LogP contribution in [0.15, 0.2) is 17.0 Å². The molecule has 4 nitrogen and oxygen atoms in total. The second-order valence-electron chi connectivity index (χ2n) is 4.35. The van der Waals surface area contributed by atoms with E-state index in [-0.39, 0.29) is 16.8 Å². The molecule has 2 aromatic heterocycles. The maximum absolute atomic E-state index is 13.5. The normalized spacial score (nSPS) is 11.2. The molecule has 0 saturated heterocycles. The van der Waals surface area contributed by atoms with Gasteiger partial charge in [-0.1, -0.05) is 0 Å². The first kappa shape index (κ1) is 12.5. The molecule has 6 heteroatoms. The van der Waals surface area contributed by atoms with Gasteiger partial charge in [0.25, 0.3) is 0 Å². The highest BCUT2D eigenvalue weighted by molar-refractivity contribution is 7.08. The molecule has 0 atom stereocenters. The zero-order valence-corrected chi connectivity index (χ0v) is 10.7. The predicted octanol–water partition coefficient (Wildman–Crippen LogP) is 2.56. The molecule has 0 bridgehead atoms. The number of aromatic nitrogens is 2. The average molecular weight is 263 g/mol. The molecule has 0 spiro atoms. The predicted molar refractivity (Wildman–Crippen MR) is 65.6 cm³/mol. The largest absolute Gasteiger partial charge is 0.301 e. The molecule has 18 heavy (non-hydrogen) atoms. The first-order valence-corrected chi connectivity index (χ1v) is 6.12. The lowest BCUT2D eigenvalue weighted by Crippen LogP contribution is -2.28. The molecule has 0 aliphatic carbocycles. The van der Waals surface area contributed by atoms with Crippen molar-refractivity contribution in [2.24, 2.45) is 0 Å². The number of carbonyl (C=O) groups excluding carboxylic acids is 1. The van der Waals surface area contributed by atoms with E-state index < -0.39 is 11.4 Å². The summed E-state index contributed by atoms with van der Waals surface area (Å²) in [6, 6.07) is 1.97. The van der Waals surface area contributed by atoms with E-state index in [9.17, 15) is 9.18 Å². The number of rotatable bonds is 3. The summed E-state index contributed by atoms with van der Waals surface area (Å²) in [6.07, 6.45) is 2.19. The Morgan fingerprint density at radius 1 is 1.56 bits per heavy atom. The second kappa shape index (κ2) is 4.35. The summed E-state index contributed by atoms with van der Waals surface area (Å²) in [7, 11) is 0. The maximum atomic E-state index is 13.5. The summed E-state index contributed by atoms with van der Waals surface area (Å²) >= 11 is 1.20. The van der Waals surface area contributed by atoms with Crippen molar-refractivity contribution < 1.29 is 9.18 Å². The van der Waals surface area contributed by atoms with Crippen LogP contribution in [-0.4, -0.2) is 16.1 Å². The Morgan fingerprint density at radius 3 is 2.78 bits per heavy atom. The quantitative estimate of drug-likeness (QED) is 0.800. The summed E-state index contributed by atoms with van der Waals surface area (Å²) in [5.74, 6) is -0.411. The van der Waals surface area contributed by atoms with E-state index in [1.807, 2.05) is 6.07 Å². The van der Waals surface area contributed by atoms with Crippen LogP contribution >= 0.6 is 11.3 Å². The monoisotopic (exact) mass is 263 g/mol. The maximum Gasteiger partial charge on any atom is 0.147 e. The molecular formula is C12H10FN3OS. The molecule has 0 aliphatic heterocycles. The summed E-state index contributed by atoms with van der Waals surface area (Å²) in [4.78, 5) is 11.0. The van der Waals surface area contributed by atoms with E-state index >= 15 is 0 Å². The van der Waals surface area contributed by atoms with Crippen molar-refractivity contribution in [1.29, 1.82) is 5.26 Å². The fraction of sp³-hybridized carbons (Fsp3) is 0.250. The fourth-order valence-electron chi connectivity index (χ4n) is 1.45. The Labute approximate surface area is 107 Å². The van der Waals surface area contributed by atoms with Crippen LogP contribution in [-0.2, 0) is 10.3 Å². The molecule has 2 heterocycles. The second-order valence-corrected chi connectivity index (χ2v) is 5.10. The number of aldehydes is 1. The highest BCUT2D eigenvalue weighted by atomic mass is 32.1. The van der Waals surface area contributed by atoms with E-state index in [1.54, 1.807) is 19.2 Å². The SMILES string of the molecule is CC(C)(C=O)n1cc(C#N)c(-c2cscc2F)n1. The minimum absolute atomic E-state index is 0.252. The Kier molecular flexibility index (Phi) is 3.01. The molecular weight excluding hydrogens is 253 g/mol. The molecule has 0 saturated carbocycles. The number of carbonyl (C=O) groups is 1. The number of hydrogen-bond donors (Lipinski definition) is 0. The minimum atomic E-state index is -0.865. The zero-order valence-electron chi connectivity index (χ0n) is 9.85. The average Bonchev–Trinajstić information content (AvgIpc) is 2.94. The summed E-state index contributed by atoms with van der Waals surface area (Å²) in [6.45, 7) is 3.34. The van der Waals surface area contributed by atoms with Crippen LogP contribution in [0.2, 0.25) is 0 Å². The van der Waals surface area contributed by atoms with Crippen molar-refractivity contribution in [3.8, 4) is 17.3 Å². The number of halogens is 1. The van der Waals surface area contributed by atoms with Crippen molar-refractivity contribution in [3.05, 3.63) is 28.3 Å². The van der Waals surface area contributed by atoms with Crippen molar-refractivity contribution in [2.45, 2.75) is 19.4 Å². The Bertz CT molecular complexity index is 636. The molecule has 0 fully saturated rings. The first-order valence-electron chi connectivity index (χ1n) is 5.18. The molecule has 2 rings (SSSR count). The third-order valence-corrected chi connectivity index (χ3v) is 3.30. The first-order chi connectivity index (χ1) is 8.49. The van der Waals surface area contributed by atoms with Gasteiger partial charge in [-0.25, -0.2) is 4.39 Å². The van der Waals surface area contributed by atoms with E-state index in [1.165, 1.54) is 27.6 Å². The standard InChI is InChI=1S/C12H10FN3OS/c1-12(2,7-17)16-4-8(3-14)11(15-16)9-5-18-6-10(9)13/h4-7H,1-2H3. The highest BCUT2D eigenvalue weighted by Gasteiger charge is 2.24. The van der Waals surface area contributed by atoms with Crippen LogP contribution in [0, 0.1) is 17.1 Å². The van der Waals surface area contributed by atoms with Crippen LogP contribution < -0.4 is 0 Å². The van der Waals surface area contributed by atoms with Gasteiger partial charge in [0.1, 0.15) is 29.4 Å². The van der Waals surface area contributed by atoms with Gasteiger partial charge in [0.05, 0.1) is 5.56 Å². The number of nitrogens with zero attached hydrogens (tertiary/aromatic N) is 3. The van der Waals surface area contributed by atoms with Crippen molar-refractivity contribution in [2.75, 3.05) is 0 Å². The number of nitriles is 1. The van der Waals surface area contributed by atoms with Gasteiger partial charge in [0, 0.05) is 22.5 Å². The molecule has 2 aromatic rings. The van der Waals surface area contributed by atoms with Crippen LogP contribution in [0.25, 0.3) is 11.3 Å². The van der Waals surface area contributed by atoms with E-state index in [2.05, 4.69) is 5.10 Å². The Morgan fingerprint density at radius 2 is 2.28 bits per heavy atom. The van der Waals surface area contributed by atoms with Crippen LogP contribution in [0.1, 0.15) is 19.4 Å². The van der Waals surface area contributed by atoms with Crippen LogP contribution in [0.4, 0.5) is 4.39 Å². The number of thiophene rings is 1. The van der Waals surface area contributed by atoms with Crippen LogP contribution in [0.5, 0.6) is 0 Å². The lowest BCUT2D eigenvalue weighted by atomic mass is 10.1. The lowest BCUT2D eigenvalue weighted by Gasteiger charge is -2.16. The molecule has 0 unspecified atom stereocenters. The van der Waals surface area contributed by atoms with Gasteiger partial charge >= 0.3 is 0 Å². The highest BCUT2D eigenvalue weighted by Crippen LogP contribution is 2.28. The zero-order chi connectivity index (χ0) is 13.3. The third-order valence-electron chi connectivity index (χ3n) is 2.58. The molecule has 0 N–H and O–H groups in total. The summed E-state index contributed by atoms with van der Waals surface area (Å²) < 4.78 is 14.9. The van der Waals surface area contributed by atoms with Crippen molar-refractivity contribution in [1.82, 2.24) is 9.78 Å². The third kappa shape index (κ3) is 1.93. The van der Waals surface area contributed by atoms with Gasteiger partial charge in [-0.15, -0.1) is 11.3 Å². The van der Waals surface area contributed by atoms with Gasteiger partial charge in [-0.3, -0.25) is 4.68 Å². The molecule has 0 amide bonds. The van der Waals surface area contributed by atoms with E-state index in [0.717, 1.165) is 6.29 Å². The lowest BCUT2D eigenvalue weighted by molar-refractivity contribution is -0.114. The van der Waals surface area contributed by atoms with Crippen LogP contribution in [0.3, 0.4) is 0 Å². The topological polar surface area (TPSA) is 58.7 Å². The van der Waals surface area contributed by atoms with Gasteiger partial charge < -0.3 is 4.79 Å². The van der Waals surface area contributed by atoms with Gasteiger partial charge in [-0.05, 0) is 13.8 Å². The minimum Gasteiger partial charge on any atom is -0.301 e. The van der Waals surface area contributed by atoms with E-state index in [4.69, 9.17) is 5.26 Å². The Hall–Kier alpha value is -2.00. The van der Waals surface area contributed by atoms with Gasteiger partial charge in [0.2, 0.25) is 0 Å². The van der Waals surface area contributed by atoms with Crippen molar-refractivity contribution >= 4 is 17.6 Å². The van der Waals surface area contributed by atoms with Gasteiger partial charge in [0.15, 0.2) is 0 Å². The molecule has 0 aliphatic rings. The van der Waals surface area contributed by atoms with Gasteiger partial charge in [-0.2, -0.15) is 10.4 Å². The summed E-state index contributed by atoms with van der Waals surface area (Å²) in [5.41, 5.74) is -0.0542. The Balaban J connectivity index is 2.60. The molecule has 0 radical (unpaired) electrons. The smallest absolute Gasteiger partial charge is 0.147 e. The summed E-state index contributed by atoms with van der Waals surface area (Å²) in [5, 5.41) is 16.1. The molecule has 0 aromatic carbocycles.